The number of hydrogen-bond donors (Lipinski definition) is 0. The van der Waals surface area contributed by atoms with E-state index in [9.17, 15) is 14.0 Å². The molecule has 0 unspecified atom stereocenters. The Balaban J connectivity index is 1.67. The summed E-state index contributed by atoms with van der Waals surface area (Å²) in [6, 6.07) is 14.2. The molecule has 194 valence electrons. The van der Waals surface area contributed by atoms with Crippen molar-refractivity contribution in [3.05, 3.63) is 81.8 Å². The SMILES string of the molecule is COCCN(CC(=O)N1N=C(c2cccs2)C[C@@H]1c1cc(OC)ccc1OC)C(=O)c1cccc(F)c1. The van der Waals surface area contributed by atoms with Crippen LogP contribution in [0.2, 0.25) is 0 Å². The highest BCUT2D eigenvalue weighted by atomic mass is 32.1. The summed E-state index contributed by atoms with van der Waals surface area (Å²) < 4.78 is 30.0. The molecule has 4 rings (SSSR count). The van der Waals surface area contributed by atoms with Crippen molar-refractivity contribution in [2.24, 2.45) is 5.10 Å². The molecule has 2 heterocycles. The van der Waals surface area contributed by atoms with Gasteiger partial charge < -0.3 is 19.1 Å². The van der Waals surface area contributed by atoms with E-state index in [1.54, 1.807) is 26.4 Å². The molecule has 0 fully saturated rings. The first-order valence-corrected chi connectivity index (χ1v) is 12.5. The van der Waals surface area contributed by atoms with Crippen LogP contribution in [0.1, 0.15) is 33.3 Å². The molecule has 2 amide bonds. The zero-order chi connectivity index (χ0) is 26.4. The smallest absolute Gasteiger partial charge is 0.262 e. The zero-order valence-corrected chi connectivity index (χ0v) is 21.7. The van der Waals surface area contributed by atoms with Crippen molar-refractivity contribution >= 4 is 28.9 Å². The lowest BCUT2D eigenvalue weighted by atomic mass is 9.99. The largest absolute Gasteiger partial charge is 0.497 e. The summed E-state index contributed by atoms with van der Waals surface area (Å²) >= 11 is 1.54. The molecule has 0 aliphatic carbocycles. The van der Waals surface area contributed by atoms with Crippen LogP contribution in [-0.2, 0) is 9.53 Å². The average Bonchev–Trinajstić information content (AvgIpc) is 3.60. The van der Waals surface area contributed by atoms with Crippen LogP contribution in [-0.4, -0.2) is 68.5 Å². The standard InChI is InChI=1S/C27H28FN3O5S/c1-34-12-11-30(27(33)18-6-4-7-19(28)14-18)17-26(32)31-23(16-22(29-31)25-8-5-13-37-25)21-15-20(35-2)9-10-24(21)36-3/h4-10,13-15,23H,11-12,16-17H2,1-3H3/t23-/m1/s1. The van der Waals surface area contributed by atoms with E-state index in [0.29, 0.717) is 17.9 Å². The summed E-state index contributed by atoms with van der Waals surface area (Å²) in [5, 5.41) is 8.04. The van der Waals surface area contributed by atoms with Gasteiger partial charge in [-0.25, -0.2) is 9.40 Å². The molecule has 3 aromatic rings. The van der Waals surface area contributed by atoms with Crippen molar-refractivity contribution < 1.29 is 28.2 Å². The quantitative estimate of drug-likeness (QED) is 0.393. The van der Waals surface area contributed by atoms with Gasteiger partial charge in [0, 0.05) is 31.2 Å². The Kier molecular flexibility index (Phi) is 8.52. The fourth-order valence-electron chi connectivity index (χ4n) is 4.17. The van der Waals surface area contributed by atoms with Crippen molar-refractivity contribution in [2.45, 2.75) is 12.5 Å². The summed E-state index contributed by atoms with van der Waals surface area (Å²) in [5.74, 6) is -0.169. The third kappa shape index (κ3) is 5.98. The van der Waals surface area contributed by atoms with Crippen molar-refractivity contribution in [1.29, 1.82) is 0 Å². The highest BCUT2D eigenvalue weighted by molar-refractivity contribution is 7.12. The number of amides is 2. The Bertz CT molecular complexity index is 1280. The molecule has 10 heteroatoms. The summed E-state index contributed by atoms with van der Waals surface area (Å²) in [6.45, 7) is 0.105. The zero-order valence-electron chi connectivity index (χ0n) is 20.8. The van der Waals surface area contributed by atoms with Gasteiger partial charge in [0.05, 0.1) is 37.5 Å². The van der Waals surface area contributed by atoms with Gasteiger partial charge in [-0.1, -0.05) is 12.1 Å². The molecule has 0 saturated carbocycles. The minimum absolute atomic E-state index is 0.152. The number of carbonyl (C=O) groups excluding carboxylic acids is 2. The van der Waals surface area contributed by atoms with Crippen LogP contribution < -0.4 is 9.47 Å². The van der Waals surface area contributed by atoms with Gasteiger partial charge in [-0.15, -0.1) is 11.3 Å². The van der Waals surface area contributed by atoms with Crippen LogP contribution in [0.3, 0.4) is 0 Å². The van der Waals surface area contributed by atoms with E-state index < -0.39 is 17.8 Å². The molecule has 1 aliphatic rings. The van der Waals surface area contributed by atoms with Gasteiger partial charge in [-0.05, 0) is 47.8 Å². The first-order valence-electron chi connectivity index (χ1n) is 11.6. The minimum atomic E-state index is -0.529. The molecule has 1 aliphatic heterocycles. The summed E-state index contributed by atoms with van der Waals surface area (Å²) in [4.78, 5) is 29.2. The molecule has 0 N–H and O–H groups in total. The van der Waals surface area contributed by atoms with E-state index in [-0.39, 0.29) is 31.2 Å². The van der Waals surface area contributed by atoms with E-state index in [2.05, 4.69) is 5.10 Å². The van der Waals surface area contributed by atoms with Gasteiger partial charge in [0.25, 0.3) is 11.8 Å². The maximum Gasteiger partial charge on any atom is 0.262 e. The van der Waals surface area contributed by atoms with E-state index in [4.69, 9.17) is 14.2 Å². The van der Waals surface area contributed by atoms with E-state index in [0.717, 1.165) is 22.2 Å². The van der Waals surface area contributed by atoms with E-state index >= 15 is 0 Å². The van der Waals surface area contributed by atoms with Crippen LogP contribution in [0.25, 0.3) is 0 Å². The fraction of sp³-hybridized carbons (Fsp3) is 0.296. The van der Waals surface area contributed by atoms with Crippen molar-refractivity contribution in [1.82, 2.24) is 9.91 Å². The Morgan fingerprint density at radius 3 is 2.62 bits per heavy atom. The number of ether oxygens (including phenoxy) is 3. The Labute approximate surface area is 218 Å². The monoisotopic (exact) mass is 525 g/mol. The third-order valence-electron chi connectivity index (χ3n) is 6.02. The van der Waals surface area contributed by atoms with E-state index in [1.165, 1.54) is 46.6 Å². The number of halogens is 1. The second kappa shape index (κ2) is 12.0. The molecular weight excluding hydrogens is 497 g/mol. The van der Waals surface area contributed by atoms with E-state index in [1.807, 2.05) is 23.6 Å². The predicted molar refractivity (Wildman–Crippen MR) is 139 cm³/mol. The lowest BCUT2D eigenvalue weighted by Crippen LogP contribution is -2.42. The normalized spacial score (nSPS) is 14.9. The van der Waals surface area contributed by atoms with Crippen molar-refractivity contribution in [2.75, 3.05) is 41.0 Å². The number of hydrazone groups is 1. The Morgan fingerprint density at radius 2 is 1.95 bits per heavy atom. The van der Waals surface area contributed by atoms with Gasteiger partial charge in [-0.3, -0.25) is 9.59 Å². The number of rotatable bonds is 10. The highest BCUT2D eigenvalue weighted by Crippen LogP contribution is 2.39. The molecule has 2 aromatic carbocycles. The van der Waals surface area contributed by atoms with Crippen LogP contribution >= 0.6 is 11.3 Å². The van der Waals surface area contributed by atoms with Gasteiger partial charge in [0.2, 0.25) is 0 Å². The Hall–Kier alpha value is -3.76. The first kappa shape index (κ1) is 26.3. The van der Waals surface area contributed by atoms with Gasteiger partial charge in [0.15, 0.2) is 0 Å². The van der Waals surface area contributed by atoms with Gasteiger partial charge >= 0.3 is 0 Å². The molecule has 0 radical (unpaired) electrons. The molecule has 0 bridgehead atoms. The molecule has 1 aromatic heterocycles. The minimum Gasteiger partial charge on any atom is -0.497 e. The van der Waals surface area contributed by atoms with Gasteiger partial charge in [-0.2, -0.15) is 5.10 Å². The molecule has 37 heavy (non-hydrogen) atoms. The second-order valence-electron chi connectivity index (χ2n) is 8.32. The molecular formula is C27H28FN3O5S. The maximum absolute atomic E-state index is 13.8. The predicted octanol–water partition coefficient (Wildman–Crippen LogP) is 4.37. The van der Waals surface area contributed by atoms with Crippen LogP contribution in [0.4, 0.5) is 4.39 Å². The second-order valence-corrected chi connectivity index (χ2v) is 9.27. The summed E-state index contributed by atoms with van der Waals surface area (Å²) in [6.07, 6.45) is 0.464. The molecule has 1 atom stereocenters. The number of methoxy groups -OCH3 is 3. The number of hydrogen-bond acceptors (Lipinski definition) is 7. The number of thiophene rings is 1. The maximum atomic E-state index is 13.8. The fourth-order valence-corrected chi connectivity index (χ4v) is 4.89. The third-order valence-corrected chi connectivity index (χ3v) is 6.94. The lowest BCUT2D eigenvalue weighted by molar-refractivity contribution is -0.133. The average molecular weight is 526 g/mol. The highest BCUT2D eigenvalue weighted by Gasteiger charge is 2.36. The van der Waals surface area contributed by atoms with Crippen LogP contribution in [0.15, 0.2) is 65.1 Å². The summed E-state index contributed by atoms with van der Waals surface area (Å²) in [5.41, 5.74) is 1.66. The van der Waals surface area contributed by atoms with Crippen LogP contribution in [0.5, 0.6) is 11.5 Å². The number of nitrogens with zero attached hydrogens (tertiary/aromatic N) is 3. The van der Waals surface area contributed by atoms with Gasteiger partial charge in [0.1, 0.15) is 23.9 Å². The first-order chi connectivity index (χ1) is 17.9. The van der Waals surface area contributed by atoms with Crippen LogP contribution in [0, 0.1) is 5.82 Å². The van der Waals surface area contributed by atoms with Crippen molar-refractivity contribution in [3.8, 4) is 11.5 Å². The number of benzene rings is 2. The topological polar surface area (TPSA) is 80.7 Å². The summed E-state index contributed by atoms with van der Waals surface area (Å²) in [7, 11) is 4.65. The number of carbonyl (C=O) groups is 2. The molecule has 8 nitrogen and oxygen atoms in total. The lowest BCUT2D eigenvalue weighted by Gasteiger charge is -2.28. The molecule has 0 spiro atoms. The Morgan fingerprint density at radius 1 is 1.11 bits per heavy atom. The van der Waals surface area contributed by atoms with Crippen molar-refractivity contribution in [3.63, 3.8) is 0 Å². The molecule has 0 saturated heterocycles.